The van der Waals surface area contributed by atoms with Gasteiger partial charge in [-0.3, -0.25) is 4.79 Å². The molecule has 1 aromatic heterocycles. The van der Waals surface area contributed by atoms with E-state index in [9.17, 15) is 9.90 Å². The molecule has 2 rings (SSSR count). The number of phenolic OH excluding ortho intramolecular Hbond substituents is 1. The second kappa shape index (κ2) is 5.16. The molecule has 0 radical (unpaired) electrons. The lowest BCUT2D eigenvalue weighted by molar-refractivity contribution is -0.115. The molecule has 0 fully saturated rings. The highest BCUT2D eigenvalue weighted by molar-refractivity contribution is 7.13. The number of benzene rings is 1. The van der Waals surface area contributed by atoms with Gasteiger partial charge in [0.05, 0.1) is 6.42 Å². The van der Waals surface area contributed by atoms with Crippen LogP contribution in [0.2, 0.25) is 5.02 Å². The average Bonchev–Trinajstić information content (AvgIpc) is 2.76. The number of thiazole rings is 1. The summed E-state index contributed by atoms with van der Waals surface area (Å²) in [5.41, 5.74) is 0.492. The molecule has 2 aromatic rings. The first-order valence-corrected chi connectivity index (χ1v) is 6.07. The monoisotopic (exact) mass is 268 g/mol. The van der Waals surface area contributed by atoms with E-state index >= 15 is 0 Å². The van der Waals surface area contributed by atoms with Gasteiger partial charge in [0.2, 0.25) is 5.91 Å². The minimum atomic E-state index is -0.238. The summed E-state index contributed by atoms with van der Waals surface area (Å²) in [5.74, 6) is -0.179. The van der Waals surface area contributed by atoms with Gasteiger partial charge in [0.25, 0.3) is 0 Å². The molecule has 0 unspecified atom stereocenters. The summed E-state index contributed by atoms with van der Waals surface area (Å²) in [6.45, 7) is 0. The van der Waals surface area contributed by atoms with E-state index in [2.05, 4.69) is 10.3 Å². The van der Waals surface area contributed by atoms with Crippen LogP contribution in [0.3, 0.4) is 0 Å². The number of nitrogens with zero attached hydrogens (tertiary/aromatic N) is 1. The maximum absolute atomic E-state index is 11.6. The normalized spacial score (nSPS) is 10.2. The molecule has 17 heavy (non-hydrogen) atoms. The van der Waals surface area contributed by atoms with Gasteiger partial charge in [-0.25, -0.2) is 4.98 Å². The first-order valence-electron chi connectivity index (χ1n) is 4.82. The predicted octanol–water partition coefficient (Wildman–Crippen LogP) is 2.68. The third-order valence-electron chi connectivity index (χ3n) is 2.07. The molecule has 1 aromatic carbocycles. The molecule has 1 amide bonds. The number of hydrogen-bond donors (Lipinski definition) is 2. The topological polar surface area (TPSA) is 62.2 Å². The number of nitrogens with one attached hydrogen (secondary N) is 1. The molecule has 0 spiro atoms. The van der Waals surface area contributed by atoms with E-state index in [0.29, 0.717) is 15.7 Å². The van der Waals surface area contributed by atoms with Crippen molar-refractivity contribution in [3.8, 4) is 5.75 Å². The van der Waals surface area contributed by atoms with Crippen molar-refractivity contribution in [1.82, 2.24) is 4.98 Å². The third kappa shape index (κ3) is 3.18. The van der Waals surface area contributed by atoms with Crippen LogP contribution in [0.4, 0.5) is 5.13 Å². The summed E-state index contributed by atoms with van der Waals surface area (Å²) in [6, 6.07) is 4.60. The zero-order valence-corrected chi connectivity index (χ0v) is 10.3. The summed E-state index contributed by atoms with van der Waals surface area (Å²) >= 11 is 7.13. The lowest BCUT2D eigenvalue weighted by Gasteiger charge is -2.04. The molecule has 88 valence electrons. The highest BCUT2D eigenvalue weighted by atomic mass is 35.5. The van der Waals surface area contributed by atoms with Gasteiger partial charge in [-0.15, -0.1) is 11.3 Å². The first-order chi connectivity index (χ1) is 8.15. The van der Waals surface area contributed by atoms with Crippen molar-refractivity contribution in [3.05, 3.63) is 40.4 Å². The molecule has 0 aliphatic rings. The molecule has 0 aliphatic heterocycles. The maximum Gasteiger partial charge on any atom is 0.230 e. The number of carbonyl (C=O) groups is 1. The molecular weight excluding hydrogens is 260 g/mol. The largest absolute Gasteiger partial charge is 0.508 e. The molecule has 0 aliphatic carbocycles. The first kappa shape index (κ1) is 11.9. The van der Waals surface area contributed by atoms with Gasteiger partial charge in [-0.2, -0.15) is 0 Å². The summed E-state index contributed by atoms with van der Waals surface area (Å²) in [5, 5.41) is 15.0. The van der Waals surface area contributed by atoms with Crippen LogP contribution in [0, 0.1) is 0 Å². The number of anilines is 1. The summed E-state index contributed by atoms with van der Waals surface area (Å²) < 4.78 is 0. The van der Waals surface area contributed by atoms with Gasteiger partial charge in [-0.1, -0.05) is 11.6 Å². The van der Waals surface area contributed by atoms with Crippen LogP contribution in [0.1, 0.15) is 5.56 Å². The SMILES string of the molecule is O=C(Cc1cc(Cl)ccc1O)Nc1nccs1. The lowest BCUT2D eigenvalue weighted by Crippen LogP contribution is -2.14. The van der Waals surface area contributed by atoms with Gasteiger partial charge in [0, 0.05) is 22.2 Å². The molecule has 0 saturated carbocycles. The van der Waals surface area contributed by atoms with Crippen molar-refractivity contribution in [1.29, 1.82) is 0 Å². The van der Waals surface area contributed by atoms with Crippen LogP contribution in [0.25, 0.3) is 0 Å². The lowest BCUT2D eigenvalue weighted by atomic mass is 10.1. The van der Waals surface area contributed by atoms with E-state index < -0.39 is 0 Å². The Balaban J connectivity index is 2.05. The Hall–Kier alpha value is -1.59. The number of aromatic nitrogens is 1. The van der Waals surface area contributed by atoms with Gasteiger partial charge in [0.15, 0.2) is 5.13 Å². The Kier molecular flexibility index (Phi) is 3.61. The molecule has 0 atom stereocenters. The van der Waals surface area contributed by atoms with Crippen LogP contribution in [0.15, 0.2) is 29.8 Å². The fraction of sp³-hybridized carbons (Fsp3) is 0.0909. The molecule has 0 saturated heterocycles. The van der Waals surface area contributed by atoms with E-state index in [-0.39, 0.29) is 18.1 Å². The number of halogens is 1. The Morgan fingerprint density at radius 2 is 2.35 bits per heavy atom. The van der Waals surface area contributed by atoms with Gasteiger partial charge in [-0.05, 0) is 18.2 Å². The highest BCUT2D eigenvalue weighted by Gasteiger charge is 2.09. The van der Waals surface area contributed by atoms with E-state index in [4.69, 9.17) is 11.6 Å². The Morgan fingerprint density at radius 1 is 1.53 bits per heavy atom. The van der Waals surface area contributed by atoms with Crippen molar-refractivity contribution in [2.75, 3.05) is 5.32 Å². The highest BCUT2D eigenvalue weighted by Crippen LogP contribution is 2.22. The van der Waals surface area contributed by atoms with Gasteiger partial charge < -0.3 is 10.4 Å². The minimum Gasteiger partial charge on any atom is -0.508 e. The number of hydrogen-bond acceptors (Lipinski definition) is 4. The standard InChI is InChI=1S/C11H9ClN2O2S/c12-8-1-2-9(15)7(5-8)6-10(16)14-11-13-3-4-17-11/h1-5,15H,6H2,(H,13,14,16). The Bertz CT molecular complexity index is 528. The summed E-state index contributed by atoms with van der Waals surface area (Å²) in [7, 11) is 0. The minimum absolute atomic E-state index is 0.0590. The van der Waals surface area contributed by atoms with Gasteiger partial charge in [0.1, 0.15) is 5.75 Å². The quantitative estimate of drug-likeness (QED) is 0.900. The van der Waals surface area contributed by atoms with Crippen LogP contribution in [-0.4, -0.2) is 16.0 Å². The van der Waals surface area contributed by atoms with Crippen molar-refractivity contribution < 1.29 is 9.90 Å². The van der Waals surface area contributed by atoms with E-state index in [1.165, 1.54) is 17.4 Å². The Morgan fingerprint density at radius 3 is 3.06 bits per heavy atom. The summed E-state index contributed by atoms with van der Waals surface area (Å²) in [6.07, 6.45) is 1.67. The number of carbonyl (C=O) groups excluding carboxylic acids is 1. The van der Waals surface area contributed by atoms with E-state index in [1.54, 1.807) is 23.7 Å². The fourth-order valence-electron chi connectivity index (χ4n) is 1.32. The van der Waals surface area contributed by atoms with Crippen LogP contribution < -0.4 is 5.32 Å². The molecule has 1 heterocycles. The van der Waals surface area contributed by atoms with E-state index in [1.807, 2.05) is 0 Å². The molecule has 6 heteroatoms. The number of aromatic hydroxyl groups is 1. The van der Waals surface area contributed by atoms with Gasteiger partial charge >= 0.3 is 0 Å². The zero-order chi connectivity index (χ0) is 12.3. The van der Waals surface area contributed by atoms with Crippen molar-refractivity contribution in [2.45, 2.75) is 6.42 Å². The second-order valence-electron chi connectivity index (χ2n) is 3.34. The van der Waals surface area contributed by atoms with Crippen molar-refractivity contribution >= 4 is 34.0 Å². The molecule has 2 N–H and O–H groups in total. The molecular formula is C11H9ClN2O2S. The number of amides is 1. The third-order valence-corrected chi connectivity index (χ3v) is 2.99. The zero-order valence-electron chi connectivity index (χ0n) is 8.68. The molecule has 0 bridgehead atoms. The fourth-order valence-corrected chi connectivity index (χ4v) is 2.06. The summed E-state index contributed by atoms with van der Waals surface area (Å²) in [4.78, 5) is 15.6. The maximum atomic E-state index is 11.6. The van der Waals surface area contributed by atoms with Crippen molar-refractivity contribution in [2.24, 2.45) is 0 Å². The van der Waals surface area contributed by atoms with Crippen LogP contribution >= 0.6 is 22.9 Å². The van der Waals surface area contributed by atoms with E-state index in [0.717, 1.165) is 0 Å². The Labute approximate surface area is 107 Å². The second-order valence-corrected chi connectivity index (χ2v) is 4.67. The molecule has 4 nitrogen and oxygen atoms in total. The van der Waals surface area contributed by atoms with Crippen LogP contribution in [-0.2, 0) is 11.2 Å². The smallest absolute Gasteiger partial charge is 0.230 e. The predicted molar refractivity (Wildman–Crippen MR) is 67.6 cm³/mol. The van der Waals surface area contributed by atoms with Crippen molar-refractivity contribution in [3.63, 3.8) is 0 Å². The van der Waals surface area contributed by atoms with Crippen LogP contribution in [0.5, 0.6) is 5.75 Å². The number of rotatable bonds is 3. The average molecular weight is 269 g/mol. The number of phenols is 1.